The molecule has 1 aromatic rings. The van der Waals surface area contributed by atoms with E-state index in [4.69, 9.17) is 16.3 Å². The normalized spacial score (nSPS) is 21.3. The summed E-state index contributed by atoms with van der Waals surface area (Å²) >= 11 is 7.20. The number of ether oxygens (including phenoxy) is 1. The SMILES string of the molecule is COc1ccc(Cl)cc1NC(=O)CN1C(=O)[C@@H](C)S[C@H](C)C1=O. The van der Waals surface area contributed by atoms with Gasteiger partial charge in [0.05, 0.1) is 23.3 Å². The Balaban J connectivity index is 2.11. The number of carbonyl (C=O) groups excluding carboxylic acids is 3. The van der Waals surface area contributed by atoms with E-state index in [9.17, 15) is 14.4 Å². The van der Waals surface area contributed by atoms with Gasteiger partial charge >= 0.3 is 0 Å². The Kier molecular flexibility index (Phi) is 5.54. The highest BCUT2D eigenvalue weighted by Crippen LogP contribution is 2.29. The van der Waals surface area contributed by atoms with Crippen LogP contribution in [-0.2, 0) is 14.4 Å². The van der Waals surface area contributed by atoms with Gasteiger partial charge in [-0.15, -0.1) is 11.8 Å². The molecule has 0 radical (unpaired) electrons. The van der Waals surface area contributed by atoms with Crippen molar-refractivity contribution in [3.63, 3.8) is 0 Å². The van der Waals surface area contributed by atoms with E-state index in [-0.39, 0.29) is 28.9 Å². The minimum absolute atomic E-state index is 0.331. The number of hydrogen-bond acceptors (Lipinski definition) is 5. The molecule has 124 valence electrons. The summed E-state index contributed by atoms with van der Waals surface area (Å²) in [5.41, 5.74) is 0.386. The molecule has 1 fully saturated rings. The number of methoxy groups -OCH3 is 1. The van der Waals surface area contributed by atoms with Crippen LogP contribution in [0.5, 0.6) is 5.75 Å². The van der Waals surface area contributed by atoms with E-state index in [0.29, 0.717) is 16.5 Å². The van der Waals surface area contributed by atoms with Gasteiger partial charge in [-0.05, 0) is 32.0 Å². The molecule has 2 atom stereocenters. The standard InChI is InChI=1S/C15H17ClN2O4S/c1-8-14(20)18(15(21)9(2)23-8)7-13(19)17-11-6-10(16)4-5-12(11)22-3/h4-6,8-9H,7H2,1-3H3,(H,17,19)/t8-,9-/m1/s1. The van der Waals surface area contributed by atoms with Gasteiger partial charge in [-0.3, -0.25) is 19.3 Å². The number of hydrogen-bond donors (Lipinski definition) is 1. The molecule has 1 aromatic carbocycles. The topological polar surface area (TPSA) is 75.7 Å². The summed E-state index contributed by atoms with van der Waals surface area (Å²) < 4.78 is 5.14. The predicted molar refractivity (Wildman–Crippen MR) is 89.9 cm³/mol. The van der Waals surface area contributed by atoms with Crippen molar-refractivity contribution in [1.82, 2.24) is 4.90 Å². The van der Waals surface area contributed by atoms with Crippen LogP contribution in [0.25, 0.3) is 0 Å². The summed E-state index contributed by atoms with van der Waals surface area (Å²) in [6.45, 7) is 3.12. The van der Waals surface area contributed by atoms with Crippen molar-refractivity contribution in [2.24, 2.45) is 0 Å². The lowest BCUT2D eigenvalue weighted by Gasteiger charge is -2.31. The third kappa shape index (κ3) is 3.97. The first-order chi connectivity index (χ1) is 10.8. The molecule has 8 heteroatoms. The van der Waals surface area contributed by atoms with Gasteiger partial charge in [-0.2, -0.15) is 0 Å². The van der Waals surface area contributed by atoms with Crippen molar-refractivity contribution in [3.05, 3.63) is 23.2 Å². The van der Waals surface area contributed by atoms with E-state index < -0.39 is 5.91 Å². The smallest absolute Gasteiger partial charge is 0.244 e. The van der Waals surface area contributed by atoms with Gasteiger partial charge in [-0.25, -0.2) is 0 Å². The largest absolute Gasteiger partial charge is 0.495 e. The summed E-state index contributed by atoms with van der Waals surface area (Å²) in [5, 5.41) is 2.35. The van der Waals surface area contributed by atoms with E-state index in [1.807, 2.05) is 0 Å². The molecular formula is C15H17ClN2O4S. The molecule has 23 heavy (non-hydrogen) atoms. The van der Waals surface area contributed by atoms with Gasteiger partial charge in [0.15, 0.2) is 0 Å². The molecule has 1 heterocycles. The molecule has 2 rings (SSSR count). The van der Waals surface area contributed by atoms with Crippen LogP contribution < -0.4 is 10.1 Å². The summed E-state index contributed by atoms with van der Waals surface area (Å²) in [5.74, 6) is -0.757. The zero-order valence-corrected chi connectivity index (χ0v) is 14.5. The Morgan fingerprint density at radius 2 is 1.91 bits per heavy atom. The maximum Gasteiger partial charge on any atom is 0.244 e. The van der Waals surface area contributed by atoms with Crippen LogP contribution in [0.3, 0.4) is 0 Å². The van der Waals surface area contributed by atoms with Crippen LogP contribution >= 0.6 is 23.4 Å². The van der Waals surface area contributed by atoms with E-state index in [0.717, 1.165) is 4.90 Å². The molecule has 6 nitrogen and oxygen atoms in total. The van der Waals surface area contributed by atoms with E-state index in [1.165, 1.54) is 18.9 Å². The summed E-state index contributed by atoms with van der Waals surface area (Å²) in [6, 6.07) is 4.80. The van der Waals surface area contributed by atoms with Gasteiger partial charge < -0.3 is 10.1 Å². The second kappa shape index (κ2) is 7.23. The lowest BCUT2D eigenvalue weighted by atomic mass is 10.2. The lowest BCUT2D eigenvalue weighted by molar-refractivity contribution is -0.147. The molecular weight excluding hydrogens is 340 g/mol. The van der Waals surface area contributed by atoms with Gasteiger partial charge in [0, 0.05) is 5.02 Å². The van der Waals surface area contributed by atoms with Crippen molar-refractivity contribution in [3.8, 4) is 5.75 Å². The number of rotatable bonds is 4. The zero-order valence-electron chi connectivity index (χ0n) is 13.0. The molecule has 3 amide bonds. The van der Waals surface area contributed by atoms with E-state index in [1.54, 1.807) is 32.0 Å². The average molecular weight is 357 g/mol. The Morgan fingerprint density at radius 1 is 1.30 bits per heavy atom. The summed E-state index contributed by atoms with van der Waals surface area (Å²) in [6.07, 6.45) is 0. The third-order valence-electron chi connectivity index (χ3n) is 3.37. The molecule has 0 aromatic heterocycles. The fourth-order valence-electron chi connectivity index (χ4n) is 2.24. The number of carbonyl (C=O) groups is 3. The van der Waals surface area contributed by atoms with Crippen molar-refractivity contribution < 1.29 is 19.1 Å². The molecule has 1 aliphatic rings. The maximum absolute atomic E-state index is 12.2. The van der Waals surface area contributed by atoms with Crippen LogP contribution in [0.1, 0.15) is 13.8 Å². The third-order valence-corrected chi connectivity index (χ3v) is 4.83. The van der Waals surface area contributed by atoms with E-state index >= 15 is 0 Å². The number of amides is 3. The average Bonchev–Trinajstić information content (AvgIpc) is 2.50. The van der Waals surface area contributed by atoms with Crippen LogP contribution in [0.15, 0.2) is 18.2 Å². The Hall–Kier alpha value is -1.73. The van der Waals surface area contributed by atoms with Crippen molar-refractivity contribution in [1.29, 1.82) is 0 Å². The minimum atomic E-state index is -0.487. The van der Waals surface area contributed by atoms with Crippen molar-refractivity contribution >= 4 is 46.8 Å². The second-order valence-electron chi connectivity index (χ2n) is 5.08. The number of halogens is 1. The highest BCUT2D eigenvalue weighted by atomic mass is 35.5. The van der Waals surface area contributed by atoms with Gasteiger partial charge in [0.2, 0.25) is 17.7 Å². The Morgan fingerprint density at radius 3 is 2.48 bits per heavy atom. The number of anilines is 1. The minimum Gasteiger partial charge on any atom is -0.495 e. The molecule has 0 spiro atoms. The first kappa shape index (κ1) is 17.6. The molecule has 0 saturated carbocycles. The molecule has 0 aliphatic carbocycles. The van der Waals surface area contributed by atoms with Crippen LogP contribution in [0.4, 0.5) is 5.69 Å². The highest BCUT2D eigenvalue weighted by molar-refractivity contribution is 8.02. The van der Waals surface area contributed by atoms with E-state index in [2.05, 4.69) is 5.32 Å². The fraction of sp³-hybridized carbons (Fsp3) is 0.400. The monoisotopic (exact) mass is 356 g/mol. The van der Waals surface area contributed by atoms with Crippen molar-refractivity contribution in [2.75, 3.05) is 19.0 Å². The summed E-state index contributed by atoms with van der Waals surface area (Å²) in [4.78, 5) is 37.4. The number of imide groups is 1. The van der Waals surface area contributed by atoms with Crippen molar-refractivity contribution in [2.45, 2.75) is 24.3 Å². The van der Waals surface area contributed by atoms with Gasteiger partial charge in [0.1, 0.15) is 12.3 Å². The quantitative estimate of drug-likeness (QED) is 0.837. The zero-order chi connectivity index (χ0) is 17.1. The summed E-state index contributed by atoms with van der Waals surface area (Å²) in [7, 11) is 1.47. The fourth-order valence-corrected chi connectivity index (χ4v) is 3.51. The first-order valence-corrected chi connectivity index (χ1v) is 8.29. The lowest BCUT2D eigenvalue weighted by Crippen LogP contribution is -2.52. The van der Waals surface area contributed by atoms with Gasteiger partial charge in [-0.1, -0.05) is 11.6 Å². The highest BCUT2D eigenvalue weighted by Gasteiger charge is 2.38. The molecule has 1 saturated heterocycles. The van der Waals surface area contributed by atoms with Crippen LogP contribution in [0, 0.1) is 0 Å². The second-order valence-corrected chi connectivity index (χ2v) is 7.20. The first-order valence-electron chi connectivity index (χ1n) is 6.97. The molecule has 1 N–H and O–H groups in total. The molecule has 0 bridgehead atoms. The van der Waals surface area contributed by atoms with Gasteiger partial charge in [0.25, 0.3) is 0 Å². The molecule has 0 unspecified atom stereocenters. The Labute approximate surface area is 143 Å². The van der Waals surface area contributed by atoms with Crippen LogP contribution in [0.2, 0.25) is 5.02 Å². The maximum atomic E-state index is 12.2. The van der Waals surface area contributed by atoms with Crippen LogP contribution in [-0.4, -0.2) is 46.8 Å². The number of benzene rings is 1. The predicted octanol–water partition coefficient (Wildman–Crippen LogP) is 2.17. The molecule has 1 aliphatic heterocycles. The Bertz CT molecular complexity index is 632. The number of thioether (sulfide) groups is 1. The number of nitrogens with one attached hydrogen (secondary N) is 1. The number of nitrogens with zero attached hydrogens (tertiary/aromatic N) is 1.